The summed E-state index contributed by atoms with van der Waals surface area (Å²) in [5, 5.41) is 13.2. The van der Waals surface area contributed by atoms with E-state index in [-0.39, 0.29) is 11.8 Å². The van der Waals surface area contributed by atoms with E-state index in [1.54, 1.807) is 6.20 Å². The fourth-order valence-corrected chi connectivity index (χ4v) is 5.33. The number of amides is 1. The van der Waals surface area contributed by atoms with Crippen molar-refractivity contribution in [2.24, 2.45) is 5.92 Å². The van der Waals surface area contributed by atoms with Crippen molar-refractivity contribution in [2.75, 3.05) is 23.3 Å². The van der Waals surface area contributed by atoms with Gasteiger partial charge < -0.3 is 15.2 Å². The topological polar surface area (TPSA) is 89.7 Å². The van der Waals surface area contributed by atoms with Crippen LogP contribution in [0.5, 0.6) is 0 Å². The fraction of sp³-hybridized carbons (Fsp3) is 0.276. The Morgan fingerprint density at radius 2 is 1.81 bits per heavy atom. The number of carbonyl (C=O) groups excluding carboxylic acids is 1. The third kappa shape index (κ3) is 3.81. The molecule has 0 radical (unpaired) electrons. The van der Waals surface area contributed by atoms with Crippen molar-refractivity contribution < 1.29 is 4.79 Å². The van der Waals surface area contributed by atoms with Crippen molar-refractivity contribution >= 4 is 39.1 Å². The molecule has 7 heteroatoms. The van der Waals surface area contributed by atoms with Crippen molar-refractivity contribution in [3.05, 3.63) is 60.9 Å². The van der Waals surface area contributed by atoms with Crippen LogP contribution in [-0.2, 0) is 4.79 Å². The summed E-state index contributed by atoms with van der Waals surface area (Å²) in [5.41, 5.74) is 8.04. The number of benzene rings is 2. The Morgan fingerprint density at radius 1 is 0.917 bits per heavy atom. The molecule has 36 heavy (non-hydrogen) atoms. The second kappa shape index (κ2) is 8.52. The molecule has 4 heterocycles. The highest BCUT2D eigenvalue weighted by atomic mass is 16.2. The lowest BCUT2D eigenvalue weighted by molar-refractivity contribution is -0.117. The Kier molecular flexibility index (Phi) is 5.01. The summed E-state index contributed by atoms with van der Waals surface area (Å²) in [6, 6.07) is 17.0. The highest BCUT2D eigenvalue weighted by molar-refractivity contribution is 6.01. The summed E-state index contributed by atoms with van der Waals surface area (Å²) in [5.74, 6) is 0.245. The molecule has 1 aliphatic carbocycles. The number of anilines is 2. The number of hydrogen-bond donors (Lipinski definition) is 3. The average Bonchev–Trinajstić information content (AvgIpc) is 3.55. The third-order valence-electron chi connectivity index (χ3n) is 7.44. The molecule has 1 amide bonds. The van der Waals surface area contributed by atoms with Gasteiger partial charge in [-0.1, -0.05) is 12.1 Å². The number of aromatic amines is 2. The van der Waals surface area contributed by atoms with Gasteiger partial charge in [-0.05, 0) is 74.1 Å². The minimum Gasteiger partial charge on any atom is -0.371 e. The molecule has 1 saturated heterocycles. The van der Waals surface area contributed by atoms with E-state index in [2.05, 4.69) is 72.8 Å². The fourth-order valence-electron chi connectivity index (χ4n) is 5.33. The zero-order valence-electron chi connectivity index (χ0n) is 20.1. The zero-order chi connectivity index (χ0) is 24.1. The van der Waals surface area contributed by atoms with Gasteiger partial charge in [0.25, 0.3) is 0 Å². The van der Waals surface area contributed by atoms with Gasteiger partial charge in [0.1, 0.15) is 5.69 Å². The number of hydrogen-bond acceptors (Lipinski definition) is 4. The van der Waals surface area contributed by atoms with E-state index in [9.17, 15) is 4.79 Å². The minimum absolute atomic E-state index is 0.0873. The number of carbonyl (C=O) groups is 1. The SMILES string of the molecule is O=C(Nc1cncc(-c2ccc3[nH]nc(-c4cc5c(N6CCCCC6)cccc5[nH]4)c3c2)c1)C1CC1. The van der Waals surface area contributed by atoms with Crippen LogP contribution in [-0.4, -0.2) is 39.2 Å². The molecule has 3 N–H and O–H groups in total. The maximum absolute atomic E-state index is 12.2. The second-order valence-electron chi connectivity index (χ2n) is 10.0. The van der Waals surface area contributed by atoms with Crippen LogP contribution in [0.1, 0.15) is 32.1 Å². The van der Waals surface area contributed by atoms with Crippen molar-refractivity contribution in [3.63, 3.8) is 0 Å². The second-order valence-corrected chi connectivity index (χ2v) is 10.0. The summed E-state index contributed by atoms with van der Waals surface area (Å²) in [6.07, 6.45) is 9.31. The van der Waals surface area contributed by atoms with Crippen LogP contribution < -0.4 is 10.2 Å². The largest absolute Gasteiger partial charge is 0.371 e. The van der Waals surface area contributed by atoms with Gasteiger partial charge in [0.2, 0.25) is 5.91 Å². The van der Waals surface area contributed by atoms with E-state index in [0.717, 1.165) is 70.6 Å². The van der Waals surface area contributed by atoms with Crippen LogP contribution in [0, 0.1) is 5.92 Å². The number of piperidine rings is 1. The van der Waals surface area contributed by atoms with Gasteiger partial charge in [-0.2, -0.15) is 5.10 Å². The highest BCUT2D eigenvalue weighted by Crippen LogP contribution is 2.36. The quantitative estimate of drug-likeness (QED) is 0.285. The molecule has 7 nitrogen and oxygen atoms in total. The van der Waals surface area contributed by atoms with Crippen molar-refractivity contribution in [1.29, 1.82) is 0 Å². The van der Waals surface area contributed by atoms with Crippen molar-refractivity contribution in [3.8, 4) is 22.5 Å². The van der Waals surface area contributed by atoms with Gasteiger partial charge in [-0.15, -0.1) is 0 Å². The first-order chi connectivity index (χ1) is 17.7. The minimum atomic E-state index is 0.0873. The molecule has 2 fully saturated rings. The monoisotopic (exact) mass is 476 g/mol. The molecule has 2 aromatic carbocycles. The van der Waals surface area contributed by atoms with Crippen LogP contribution in [0.2, 0.25) is 0 Å². The molecule has 3 aromatic heterocycles. The molecule has 0 bridgehead atoms. The molecule has 0 spiro atoms. The molecule has 1 aliphatic heterocycles. The van der Waals surface area contributed by atoms with Gasteiger partial charge in [-0.3, -0.25) is 14.9 Å². The lowest BCUT2D eigenvalue weighted by atomic mass is 10.0. The van der Waals surface area contributed by atoms with Crippen LogP contribution >= 0.6 is 0 Å². The van der Waals surface area contributed by atoms with Crippen LogP contribution in [0.25, 0.3) is 44.3 Å². The normalized spacial score (nSPS) is 16.1. The standard InChI is InChI=1S/C29H28N6O/c36-29(18-7-8-18)31-21-13-20(16-30-17-21)19-9-10-25-23(14-19)28(34-33-25)26-15-22-24(32-26)5-4-6-27(22)35-11-2-1-3-12-35/h4-6,9-10,13-18,32H,1-3,7-8,11-12H2,(H,31,36)(H,33,34). The van der Waals surface area contributed by atoms with Gasteiger partial charge in [0, 0.05) is 52.7 Å². The lowest BCUT2D eigenvalue weighted by Gasteiger charge is -2.29. The first-order valence-corrected chi connectivity index (χ1v) is 12.8. The molecule has 0 atom stereocenters. The molecule has 0 unspecified atom stereocenters. The van der Waals surface area contributed by atoms with Crippen LogP contribution in [0.4, 0.5) is 11.4 Å². The number of nitrogens with zero attached hydrogens (tertiary/aromatic N) is 3. The number of fused-ring (bicyclic) bond motifs is 2. The summed E-state index contributed by atoms with van der Waals surface area (Å²) in [7, 11) is 0. The molecule has 180 valence electrons. The third-order valence-corrected chi connectivity index (χ3v) is 7.44. The van der Waals surface area contributed by atoms with Crippen LogP contribution in [0.3, 0.4) is 0 Å². The number of pyridine rings is 1. The predicted molar refractivity (Wildman–Crippen MR) is 144 cm³/mol. The van der Waals surface area contributed by atoms with E-state index >= 15 is 0 Å². The Bertz CT molecular complexity index is 1590. The Hall–Kier alpha value is -4.13. The van der Waals surface area contributed by atoms with Gasteiger partial charge in [0.05, 0.1) is 23.1 Å². The number of rotatable bonds is 5. The zero-order valence-corrected chi connectivity index (χ0v) is 20.1. The maximum Gasteiger partial charge on any atom is 0.227 e. The molecule has 2 aliphatic rings. The molecular weight excluding hydrogens is 448 g/mol. The van der Waals surface area contributed by atoms with Gasteiger partial charge in [-0.25, -0.2) is 0 Å². The van der Waals surface area contributed by atoms with E-state index < -0.39 is 0 Å². The molecule has 5 aromatic rings. The lowest BCUT2D eigenvalue weighted by Crippen LogP contribution is -2.29. The summed E-state index contributed by atoms with van der Waals surface area (Å²) >= 11 is 0. The number of H-pyrrole nitrogens is 2. The Labute approximate surface area is 208 Å². The predicted octanol–water partition coefficient (Wildman–Crippen LogP) is 6.11. The maximum atomic E-state index is 12.2. The number of nitrogens with one attached hydrogen (secondary N) is 3. The Balaban J connectivity index is 1.25. The average molecular weight is 477 g/mol. The Morgan fingerprint density at radius 3 is 2.67 bits per heavy atom. The van der Waals surface area contributed by atoms with E-state index in [1.807, 2.05) is 12.3 Å². The van der Waals surface area contributed by atoms with Crippen molar-refractivity contribution in [1.82, 2.24) is 20.2 Å². The smallest absolute Gasteiger partial charge is 0.227 e. The van der Waals surface area contributed by atoms with Crippen molar-refractivity contribution in [2.45, 2.75) is 32.1 Å². The summed E-state index contributed by atoms with van der Waals surface area (Å²) in [4.78, 5) is 22.7. The first-order valence-electron chi connectivity index (χ1n) is 12.8. The van der Waals surface area contributed by atoms with E-state index in [1.165, 1.54) is 30.3 Å². The number of aromatic nitrogens is 4. The summed E-state index contributed by atoms with van der Waals surface area (Å²) < 4.78 is 0. The van der Waals surface area contributed by atoms with Gasteiger partial charge in [0.15, 0.2) is 0 Å². The van der Waals surface area contributed by atoms with E-state index in [0.29, 0.717) is 0 Å². The van der Waals surface area contributed by atoms with Gasteiger partial charge >= 0.3 is 0 Å². The molecule has 1 saturated carbocycles. The summed E-state index contributed by atoms with van der Waals surface area (Å²) in [6.45, 7) is 2.23. The van der Waals surface area contributed by atoms with Crippen LogP contribution in [0.15, 0.2) is 60.9 Å². The first kappa shape index (κ1) is 21.2. The molecular formula is C29H28N6O. The highest BCUT2D eigenvalue weighted by Gasteiger charge is 2.29. The van der Waals surface area contributed by atoms with E-state index in [4.69, 9.17) is 0 Å². The molecule has 7 rings (SSSR count).